The molecule has 0 radical (unpaired) electrons. The minimum absolute atomic E-state index is 0.154. The Morgan fingerprint density at radius 3 is 2.80 bits per heavy atom. The largest absolute Gasteiger partial charge is 0.341 e. The van der Waals surface area contributed by atoms with Gasteiger partial charge in [0.05, 0.1) is 6.04 Å². The number of halogens is 1. The molecule has 5 rings (SSSR count). The van der Waals surface area contributed by atoms with E-state index in [0.717, 1.165) is 5.56 Å². The average molecular weight is 407 g/mol. The number of carbonyl (C=O) groups is 2. The van der Waals surface area contributed by atoms with Crippen LogP contribution in [0.3, 0.4) is 0 Å². The molecule has 1 saturated heterocycles. The number of amides is 2. The lowest BCUT2D eigenvalue weighted by atomic mass is 9.99. The molecule has 2 amide bonds. The molecule has 152 valence electrons. The summed E-state index contributed by atoms with van der Waals surface area (Å²) >= 11 is 0. The van der Waals surface area contributed by atoms with Crippen molar-refractivity contribution in [3.63, 3.8) is 0 Å². The average Bonchev–Trinajstić information content (AvgIpc) is 3.04. The van der Waals surface area contributed by atoms with E-state index in [1.807, 2.05) is 6.07 Å². The zero-order valence-electron chi connectivity index (χ0n) is 16.3. The van der Waals surface area contributed by atoms with Crippen LogP contribution in [0, 0.1) is 5.82 Å². The molecule has 1 aromatic carbocycles. The SMILES string of the molecule is C[C@H]1OC2N=C(N3C(=O)c4cc(F)ccc4C3c3cccnc3)N=CC2N(C)C1=O. The maximum absolute atomic E-state index is 13.9. The fourth-order valence-corrected chi connectivity index (χ4v) is 4.08. The molecular formula is C21H18FN5O3. The van der Waals surface area contributed by atoms with Crippen LogP contribution < -0.4 is 0 Å². The second-order valence-electron chi connectivity index (χ2n) is 7.41. The van der Waals surface area contributed by atoms with E-state index in [2.05, 4.69) is 15.0 Å². The number of rotatable bonds is 1. The highest BCUT2D eigenvalue weighted by Crippen LogP contribution is 2.39. The van der Waals surface area contributed by atoms with Crippen LogP contribution in [-0.2, 0) is 9.53 Å². The van der Waals surface area contributed by atoms with Crippen LogP contribution in [0.4, 0.5) is 4.39 Å². The number of pyridine rings is 1. The fraction of sp³-hybridized carbons (Fsp3) is 0.286. The predicted octanol–water partition coefficient (Wildman–Crippen LogP) is 1.78. The molecule has 8 nitrogen and oxygen atoms in total. The number of guanidine groups is 1. The van der Waals surface area contributed by atoms with Gasteiger partial charge in [0, 0.05) is 31.2 Å². The molecule has 4 heterocycles. The normalized spacial score (nSPS) is 27.8. The van der Waals surface area contributed by atoms with Gasteiger partial charge in [-0.15, -0.1) is 0 Å². The fourth-order valence-electron chi connectivity index (χ4n) is 4.08. The Bertz CT molecular complexity index is 1100. The van der Waals surface area contributed by atoms with Crippen LogP contribution in [0.15, 0.2) is 52.7 Å². The van der Waals surface area contributed by atoms with Crippen molar-refractivity contribution in [3.05, 3.63) is 65.2 Å². The van der Waals surface area contributed by atoms with E-state index < -0.39 is 36.1 Å². The van der Waals surface area contributed by atoms with E-state index in [9.17, 15) is 14.0 Å². The smallest absolute Gasteiger partial charge is 0.261 e. The van der Waals surface area contributed by atoms with Crippen molar-refractivity contribution < 1.29 is 18.7 Å². The number of likely N-dealkylation sites (N-methyl/N-ethyl adjacent to an activating group) is 1. The lowest BCUT2D eigenvalue weighted by Crippen LogP contribution is -2.58. The van der Waals surface area contributed by atoms with Gasteiger partial charge in [0.2, 0.25) is 5.96 Å². The summed E-state index contributed by atoms with van der Waals surface area (Å²) < 4.78 is 19.6. The Kier molecular flexibility index (Phi) is 4.21. The van der Waals surface area contributed by atoms with Gasteiger partial charge in [-0.3, -0.25) is 19.5 Å². The standard InChI is InChI=1S/C21H18FN5O3/c1-11-19(28)26(2)16-10-24-21(25-18(16)30-11)27-17(12-4-3-7-23-9-12)14-6-5-13(22)8-15(14)20(27)29/h3-11,16-18H,1-2H3/t11-,16?,17?,18?/m1/s1. The van der Waals surface area contributed by atoms with E-state index in [0.29, 0.717) is 5.56 Å². The number of aliphatic imine (C=N–C) groups is 2. The van der Waals surface area contributed by atoms with E-state index >= 15 is 0 Å². The molecular weight excluding hydrogens is 389 g/mol. The van der Waals surface area contributed by atoms with Crippen LogP contribution in [0.5, 0.6) is 0 Å². The lowest BCUT2D eigenvalue weighted by Gasteiger charge is -2.40. The van der Waals surface area contributed by atoms with E-state index in [1.54, 1.807) is 44.7 Å². The maximum Gasteiger partial charge on any atom is 0.261 e. The van der Waals surface area contributed by atoms with Crippen molar-refractivity contribution in [1.29, 1.82) is 0 Å². The van der Waals surface area contributed by atoms with Gasteiger partial charge in [0.25, 0.3) is 11.8 Å². The number of carbonyl (C=O) groups excluding carboxylic acids is 2. The first-order valence-electron chi connectivity index (χ1n) is 9.53. The Labute approximate surface area is 171 Å². The minimum atomic E-state index is -0.682. The van der Waals surface area contributed by atoms with E-state index in [1.165, 1.54) is 21.9 Å². The number of ether oxygens (including phenoxy) is 1. The molecule has 30 heavy (non-hydrogen) atoms. The highest BCUT2D eigenvalue weighted by atomic mass is 19.1. The van der Waals surface area contributed by atoms with E-state index in [-0.39, 0.29) is 17.4 Å². The summed E-state index contributed by atoms with van der Waals surface area (Å²) in [7, 11) is 1.67. The van der Waals surface area contributed by atoms with Crippen LogP contribution >= 0.6 is 0 Å². The number of benzene rings is 1. The van der Waals surface area contributed by atoms with Crippen molar-refractivity contribution in [2.24, 2.45) is 9.98 Å². The predicted molar refractivity (Wildman–Crippen MR) is 105 cm³/mol. The second kappa shape index (κ2) is 6.81. The van der Waals surface area contributed by atoms with Crippen LogP contribution in [0.25, 0.3) is 0 Å². The molecule has 0 bridgehead atoms. The van der Waals surface area contributed by atoms with Gasteiger partial charge in [-0.2, -0.15) is 0 Å². The van der Waals surface area contributed by atoms with Crippen molar-refractivity contribution >= 4 is 24.0 Å². The maximum atomic E-state index is 13.9. The van der Waals surface area contributed by atoms with Gasteiger partial charge in [-0.1, -0.05) is 12.1 Å². The van der Waals surface area contributed by atoms with Gasteiger partial charge in [0.15, 0.2) is 6.23 Å². The van der Waals surface area contributed by atoms with Crippen LogP contribution in [0.1, 0.15) is 34.5 Å². The topological polar surface area (TPSA) is 87.5 Å². The summed E-state index contributed by atoms with van der Waals surface area (Å²) in [6.07, 6.45) is 3.53. The summed E-state index contributed by atoms with van der Waals surface area (Å²) in [5.74, 6) is -0.898. The molecule has 4 atom stereocenters. The summed E-state index contributed by atoms with van der Waals surface area (Å²) in [5.41, 5.74) is 1.66. The molecule has 3 aliphatic rings. The van der Waals surface area contributed by atoms with Gasteiger partial charge in [0.1, 0.15) is 18.0 Å². The molecule has 0 aliphatic carbocycles. The van der Waals surface area contributed by atoms with Gasteiger partial charge in [-0.05, 0) is 36.2 Å². The number of morpholine rings is 1. The minimum Gasteiger partial charge on any atom is -0.341 e. The molecule has 0 saturated carbocycles. The Balaban J connectivity index is 1.59. The molecule has 0 spiro atoms. The van der Waals surface area contributed by atoms with Crippen LogP contribution in [-0.4, -0.2) is 64.2 Å². The van der Waals surface area contributed by atoms with Crippen molar-refractivity contribution in [2.45, 2.75) is 31.3 Å². The first-order chi connectivity index (χ1) is 14.5. The summed E-state index contributed by atoms with van der Waals surface area (Å²) in [4.78, 5) is 41.5. The molecule has 9 heteroatoms. The second-order valence-corrected chi connectivity index (χ2v) is 7.41. The third kappa shape index (κ3) is 2.73. The molecule has 1 aromatic heterocycles. The number of nitrogens with zero attached hydrogens (tertiary/aromatic N) is 5. The van der Waals surface area contributed by atoms with E-state index in [4.69, 9.17) is 4.74 Å². The van der Waals surface area contributed by atoms with Crippen molar-refractivity contribution in [3.8, 4) is 0 Å². The van der Waals surface area contributed by atoms with Crippen molar-refractivity contribution in [2.75, 3.05) is 7.05 Å². The number of fused-ring (bicyclic) bond motifs is 2. The highest BCUT2D eigenvalue weighted by Gasteiger charge is 2.45. The number of aromatic nitrogens is 1. The highest BCUT2D eigenvalue weighted by molar-refractivity contribution is 6.12. The third-order valence-corrected chi connectivity index (χ3v) is 5.60. The first-order valence-corrected chi connectivity index (χ1v) is 9.53. The zero-order chi connectivity index (χ0) is 21.0. The lowest BCUT2D eigenvalue weighted by molar-refractivity contribution is -0.161. The number of hydrogen-bond donors (Lipinski definition) is 0. The Morgan fingerprint density at radius 1 is 1.20 bits per heavy atom. The summed E-state index contributed by atoms with van der Waals surface area (Å²) in [6, 6.07) is 6.77. The summed E-state index contributed by atoms with van der Waals surface area (Å²) in [5, 5.41) is 0. The summed E-state index contributed by atoms with van der Waals surface area (Å²) in [6.45, 7) is 1.66. The van der Waals surface area contributed by atoms with Crippen LogP contribution in [0.2, 0.25) is 0 Å². The molecule has 0 N–H and O–H groups in total. The molecule has 1 fully saturated rings. The van der Waals surface area contributed by atoms with Gasteiger partial charge < -0.3 is 9.64 Å². The molecule has 3 aliphatic heterocycles. The third-order valence-electron chi connectivity index (χ3n) is 5.60. The molecule has 2 aromatic rings. The monoisotopic (exact) mass is 407 g/mol. The number of hydrogen-bond acceptors (Lipinski definition) is 6. The zero-order valence-corrected chi connectivity index (χ0v) is 16.3. The quantitative estimate of drug-likeness (QED) is 0.721. The van der Waals surface area contributed by atoms with Crippen molar-refractivity contribution in [1.82, 2.24) is 14.8 Å². The van der Waals surface area contributed by atoms with Gasteiger partial charge in [-0.25, -0.2) is 14.4 Å². The Morgan fingerprint density at radius 2 is 2.03 bits per heavy atom. The van der Waals surface area contributed by atoms with Gasteiger partial charge >= 0.3 is 0 Å². The Hall–Kier alpha value is -3.46. The molecule has 3 unspecified atom stereocenters. The first kappa shape index (κ1) is 18.6.